The van der Waals surface area contributed by atoms with Gasteiger partial charge in [-0.3, -0.25) is 14.4 Å². The third-order valence-electron chi connectivity index (χ3n) is 7.67. The number of pyridine rings is 1. The summed E-state index contributed by atoms with van der Waals surface area (Å²) < 4.78 is 37.4. The number of hydrogen-bond acceptors (Lipinski definition) is 5. The summed E-state index contributed by atoms with van der Waals surface area (Å²) in [5.41, 5.74) is 3.32. The molecule has 37 heavy (non-hydrogen) atoms. The molecule has 2 aromatic heterocycles. The lowest BCUT2D eigenvalue weighted by Gasteiger charge is -2.43. The maximum Gasteiger partial charge on any atom is 0.275 e. The molecule has 192 valence electrons. The number of anilines is 1. The Labute approximate surface area is 216 Å². The summed E-state index contributed by atoms with van der Waals surface area (Å²) in [6, 6.07) is 18.1. The van der Waals surface area contributed by atoms with Crippen LogP contribution in [0.3, 0.4) is 0 Å². The highest BCUT2D eigenvalue weighted by molar-refractivity contribution is 7.92. The Balaban J connectivity index is 1.23. The van der Waals surface area contributed by atoms with E-state index < -0.39 is 10.0 Å². The Morgan fingerprint density at radius 3 is 2.57 bits per heavy atom. The van der Waals surface area contributed by atoms with E-state index in [2.05, 4.69) is 51.7 Å². The molecule has 2 aromatic carbocycles. The minimum atomic E-state index is -3.89. The fraction of sp³-hybridized carbons (Fsp3) is 0.321. The Hall–Kier alpha value is -3.56. The van der Waals surface area contributed by atoms with E-state index in [1.807, 2.05) is 6.07 Å². The van der Waals surface area contributed by atoms with Gasteiger partial charge in [0.2, 0.25) is 0 Å². The lowest BCUT2D eigenvalue weighted by atomic mass is 9.83. The van der Waals surface area contributed by atoms with Crippen molar-refractivity contribution in [2.75, 3.05) is 24.9 Å². The predicted octanol–water partition coefficient (Wildman–Crippen LogP) is 3.77. The van der Waals surface area contributed by atoms with Crippen molar-refractivity contribution in [3.8, 4) is 5.75 Å². The third kappa shape index (κ3) is 4.32. The molecule has 2 atom stereocenters. The van der Waals surface area contributed by atoms with Gasteiger partial charge in [-0.2, -0.15) is 0 Å². The second-order valence-corrected chi connectivity index (χ2v) is 11.8. The summed E-state index contributed by atoms with van der Waals surface area (Å²) in [5.74, 6) is 1.14. The number of fused-ring (bicyclic) bond motifs is 5. The molecule has 1 saturated heterocycles. The van der Waals surface area contributed by atoms with Gasteiger partial charge >= 0.3 is 0 Å². The number of nitrogens with zero attached hydrogens (tertiary/aromatic N) is 3. The van der Waals surface area contributed by atoms with Crippen LogP contribution in [0.25, 0.3) is 10.9 Å². The van der Waals surface area contributed by atoms with E-state index in [0.29, 0.717) is 18.2 Å². The van der Waals surface area contributed by atoms with Crippen LogP contribution >= 0.6 is 0 Å². The maximum absolute atomic E-state index is 13.4. The van der Waals surface area contributed by atoms with Gasteiger partial charge in [-0.15, -0.1) is 0 Å². The van der Waals surface area contributed by atoms with Gasteiger partial charge in [0, 0.05) is 61.9 Å². The van der Waals surface area contributed by atoms with Crippen LogP contribution in [-0.2, 0) is 30.2 Å². The van der Waals surface area contributed by atoms with Crippen LogP contribution in [0, 0.1) is 5.92 Å². The Morgan fingerprint density at radius 2 is 1.78 bits per heavy atom. The molecule has 6 rings (SSSR count). The minimum absolute atomic E-state index is 0.0761. The second kappa shape index (κ2) is 9.08. The molecule has 2 aliphatic heterocycles. The van der Waals surface area contributed by atoms with Gasteiger partial charge in [0.1, 0.15) is 11.4 Å². The van der Waals surface area contributed by atoms with Gasteiger partial charge in [0.25, 0.3) is 15.6 Å². The van der Waals surface area contributed by atoms with Crippen LogP contribution < -0.4 is 15.0 Å². The average molecular weight is 519 g/mol. The quantitative estimate of drug-likeness (QED) is 0.420. The van der Waals surface area contributed by atoms with Crippen LogP contribution in [0.5, 0.6) is 5.75 Å². The first-order valence-corrected chi connectivity index (χ1v) is 14.0. The zero-order valence-electron chi connectivity index (χ0n) is 20.9. The molecule has 4 aromatic rings. The second-order valence-electron chi connectivity index (χ2n) is 10.1. The van der Waals surface area contributed by atoms with E-state index in [1.165, 1.54) is 35.7 Å². The Morgan fingerprint density at radius 1 is 1.00 bits per heavy atom. The van der Waals surface area contributed by atoms with Crippen LogP contribution in [0.4, 0.5) is 5.69 Å². The number of hydrogen-bond donors (Lipinski definition) is 1. The zero-order chi connectivity index (χ0) is 25.7. The molecule has 8 nitrogen and oxygen atoms in total. The van der Waals surface area contributed by atoms with E-state index in [9.17, 15) is 13.2 Å². The number of methoxy groups -OCH3 is 1. The van der Waals surface area contributed by atoms with E-state index in [0.717, 1.165) is 31.7 Å². The van der Waals surface area contributed by atoms with Crippen molar-refractivity contribution in [2.24, 2.45) is 13.0 Å². The van der Waals surface area contributed by atoms with Crippen molar-refractivity contribution < 1.29 is 13.2 Å². The summed E-state index contributed by atoms with van der Waals surface area (Å²) in [7, 11) is -0.289. The highest BCUT2D eigenvalue weighted by Gasteiger charge is 2.35. The minimum Gasteiger partial charge on any atom is -0.497 e. The lowest BCUT2D eigenvalue weighted by molar-refractivity contribution is 0.115. The maximum atomic E-state index is 13.4. The SMILES string of the molecule is COc1ccc(S(=O)(=O)Nc2ccc3n(c2=O)C[C@@H]2C[C@@H]3CN(Cc3cn(C)c4ccccc34)C2)cc1. The molecule has 0 radical (unpaired) electrons. The Bertz CT molecular complexity index is 1640. The summed E-state index contributed by atoms with van der Waals surface area (Å²) in [6.45, 7) is 3.25. The lowest BCUT2D eigenvalue weighted by Crippen LogP contribution is -2.47. The molecule has 1 fully saturated rings. The monoisotopic (exact) mass is 518 g/mol. The highest BCUT2D eigenvalue weighted by atomic mass is 32.2. The van der Waals surface area contributed by atoms with E-state index in [-0.39, 0.29) is 22.1 Å². The molecule has 0 spiro atoms. The van der Waals surface area contributed by atoms with E-state index in [1.54, 1.807) is 22.8 Å². The van der Waals surface area contributed by atoms with E-state index in [4.69, 9.17) is 4.74 Å². The number of para-hydroxylation sites is 1. The Kier molecular flexibility index (Phi) is 5.84. The van der Waals surface area contributed by atoms with Crippen molar-refractivity contribution >= 4 is 26.6 Å². The number of aryl methyl sites for hydroxylation is 1. The first-order valence-electron chi connectivity index (χ1n) is 12.5. The van der Waals surface area contributed by atoms with Gasteiger partial charge in [-0.25, -0.2) is 8.42 Å². The van der Waals surface area contributed by atoms with Crippen molar-refractivity contribution in [3.63, 3.8) is 0 Å². The van der Waals surface area contributed by atoms with Crippen molar-refractivity contribution in [1.29, 1.82) is 0 Å². The van der Waals surface area contributed by atoms with Gasteiger partial charge in [-0.05, 0) is 60.4 Å². The van der Waals surface area contributed by atoms with Crippen LogP contribution in [0.2, 0.25) is 0 Å². The largest absolute Gasteiger partial charge is 0.497 e. The number of aromatic nitrogens is 2. The molecule has 0 amide bonds. The number of nitrogens with one attached hydrogen (secondary N) is 1. The molecule has 9 heteroatoms. The third-order valence-corrected chi connectivity index (χ3v) is 9.05. The molecule has 4 heterocycles. The van der Waals surface area contributed by atoms with Crippen molar-refractivity contribution in [1.82, 2.24) is 14.0 Å². The normalized spacial score (nSPS) is 19.5. The number of benzene rings is 2. The number of sulfonamides is 1. The summed E-state index contributed by atoms with van der Waals surface area (Å²) >= 11 is 0. The summed E-state index contributed by atoms with van der Waals surface area (Å²) in [6.07, 6.45) is 3.26. The molecule has 2 bridgehead atoms. The van der Waals surface area contributed by atoms with Crippen LogP contribution in [0.1, 0.15) is 23.6 Å². The number of piperidine rings is 1. The van der Waals surface area contributed by atoms with Gasteiger partial charge < -0.3 is 13.9 Å². The molecule has 0 unspecified atom stereocenters. The fourth-order valence-corrected chi connectivity index (χ4v) is 7.06. The molecular formula is C28H30N4O4S. The van der Waals surface area contributed by atoms with Gasteiger partial charge in [0.15, 0.2) is 0 Å². The van der Waals surface area contributed by atoms with Gasteiger partial charge in [-0.1, -0.05) is 18.2 Å². The van der Waals surface area contributed by atoms with Crippen LogP contribution in [0.15, 0.2) is 76.6 Å². The molecular weight excluding hydrogens is 488 g/mol. The smallest absolute Gasteiger partial charge is 0.275 e. The van der Waals surface area contributed by atoms with E-state index >= 15 is 0 Å². The number of ether oxygens (including phenoxy) is 1. The molecule has 1 N–H and O–H groups in total. The number of rotatable bonds is 6. The van der Waals surface area contributed by atoms with Crippen molar-refractivity contribution in [2.45, 2.75) is 30.3 Å². The molecule has 2 aliphatic rings. The average Bonchev–Trinajstić information content (AvgIpc) is 3.21. The van der Waals surface area contributed by atoms with Crippen LogP contribution in [-0.4, -0.2) is 42.7 Å². The topological polar surface area (TPSA) is 85.6 Å². The predicted molar refractivity (Wildman–Crippen MR) is 144 cm³/mol. The summed E-state index contributed by atoms with van der Waals surface area (Å²) in [5, 5.41) is 1.28. The summed E-state index contributed by atoms with van der Waals surface area (Å²) in [4.78, 5) is 16.0. The van der Waals surface area contributed by atoms with Gasteiger partial charge in [0.05, 0.1) is 12.0 Å². The first kappa shape index (κ1) is 23.8. The molecule has 0 saturated carbocycles. The fourth-order valence-electron chi connectivity index (χ4n) is 6.00. The standard InChI is InChI=1S/C28H30N4O4S/c1-30-16-21(24-5-3-4-6-27(24)30)18-31-14-19-13-20(17-31)26-12-11-25(28(33)32(26)15-19)29-37(34,35)23-9-7-22(36-2)8-10-23/h3-12,16,19-20,29H,13-15,17-18H2,1-2H3/t19-,20-/m1/s1. The zero-order valence-corrected chi connectivity index (χ0v) is 21.7. The first-order chi connectivity index (χ1) is 17.8. The number of likely N-dealkylation sites (tertiary alicyclic amines) is 1. The van der Waals surface area contributed by atoms with Crippen molar-refractivity contribution in [3.05, 3.63) is 88.5 Å². The highest BCUT2D eigenvalue weighted by Crippen LogP contribution is 2.36. The molecule has 0 aliphatic carbocycles.